The van der Waals surface area contributed by atoms with Crippen LogP contribution in [0.1, 0.15) is 32.6 Å². The molecule has 2 aromatic heterocycles. The van der Waals surface area contributed by atoms with E-state index in [-0.39, 0.29) is 6.61 Å². The number of hydrogen-bond acceptors (Lipinski definition) is 7. The van der Waals surface area contributed by atoms with Gasteiger partial charge in [-0.15, -0.1) is 0 Å². The van der Waals surface area contributed by atoms with Crippen molar-refractivity contribution in [2.75, 3.05) is 31.8 Å². The van der Waals surface area contributed by atoms with Gasteiger partial charge in [0.15, 0.2) is 5.82 Å². The van der Waals surface area contributed by atoms with Crippen molar-refractivity contribution in [3.05, 3.63) is 54.9 Å². The number of aliphatic hydroxyl groups is 1. The van der Waals surface area contributed by atoms with Crippen molar-refractivity contribution in [1.29, 1.82) is 0 Å². The summed E-state index contributed by atoms with van der Waals surface area (Å²) in [5, 5.41) is 10.0. The van der Waals surface area contributed by atoms with E-state index in [1.165, 1.54) is 0 Å². The average Bonchev–Trinajstić information content (AvgIpc) is 2.88. The molecule has 0 saturated carbocycles. The lowest BCUT2D eigenvalue weighted by Gasteiger charge is -2.32. The maximum atomic E-state index is 10.0. The summed E-state index contributed by atoms with van der Waals surface area (Å²) < 4.78 is 11.4. The normalized spacial score (nSPS) is 15.2. The van der Waals surface area contributed by atoms with Crippen LogP contribution >= 0.6 is 0 Å². The summed E-state index contributed by atoms with van der Waals surface area (Å²) in [7, 11) is 2.09. The molecule has 3 aromatic rings. The first-order valence-electron chi connectivity index (χ1n) is 11.7. The summed E-state index contributed by atoms with van der Waals surface area (Å²) in [6.07, 6.45) is 6.64. The molecule has 3 heterocycles. The first-order chi connectivity index (χ1) is 16.1. The predicted octanol–water partition coefficient (Wildman–Crippen LogP) is 4.36. The van der Waals surface area contributed by atoms with Crippen molar-refractivity contribution in [2.24, 2.45) is 0 Å². The Kier molecular flexibility index (Phi) is 7.86. The zero-order valence-corrected chi connectivity index (χ0v) is 19.4. The van der Waals surface area contributed by atoms with E-state index < -0.39 is 6.10 Å². The lowest BCUT2D eigenvalue weighted by Crippen LogP contribution is -2.37. The molecule has 1 fully saturated rings. The monoisotopic (exact) mass is 448 g/mol. The van der Waals surface area contributed by atoms with Crippen LogP contribution in [0.25, 0.3) is 22.6 Å². The number of ether oxygens (including phenoxy) is 2. The van der Waals surface area contributed by atoms with Gasteiger partial charge in [-0.3, -0.25) is 4.98 Å². The quantitative estimate of drug-likeness (QED) is 0.521. The number of hydrogen-bond donors (Lipinski definition) is 1. The van der Waals surface area contributed by atoms with E-state index in [0.717, 1.165) is 61.5 Å². The van der Waals surface area contributed by atoms with E-state index >= 15 is 0 Å². The number of anilines is 1. The second-order valence-corrected chi connectivity index (χ2v) is 8.41. The van der Waals surface area contributed by atoms with Crippen LogP contribution in [-0.4, -0.2) is 59.1 Å². The molecule has 1 N–H and O–H groups in total. The third kappa shape index (κ3) is 6.06. The van der Waals surface area contributed by atoms with Gasteiger partial charge in [0, 0.05) is 55.9 Å². The smallest absolute Gasteiger partial charge is 0.162 e. The number of aromatic nitrogens is 3. The maximum absolute atomic E-state index is 10.0. The Bertz CT molecular complexity index is 1030. The lowest BCUT2D eigenvalue weighted by molar-refractivity contribution is 0.0853. The molecular formula is C26H32N4O3. The van der Waals surface area contributed by atoms with Gasteiger partial charge in [0.25, 0.3) is 0 Å². The Hall–Kier alpha value is -3.03. The van der Waals surface area contributed by atoms with E-state index in [0.29, 0.717) is 17.6 Å². The molecule has 1 aliphatic heterocycles. The van der Waals surface area contributed by atoms with Crippen molar-refractivity contribution in [3.63, 3.8) is 0 Å². The molecule has 1 unspecified atom stereocenters. The van der Waals surface area contributed by atoms with Gasteiger partial charge < -0.3 is 19.5 Å². The van der Waals surface area contributed by atoms with Crippen LogP contribution in [0.2, 0.25) is 0 Å². The van der Waals surface area contributed by atoms with Crippen LogP contribution in [0.4, 0.5) is 5.82 Å². The van der Waals surface area contributed by atoms with Gasteiger partial charge in [-0.2, -0.15) is 0 Å². The fraction of sp³-hybridized carbons (Fsp3) is 0.423. The molecule has 0 bridgehead atoms. The number of rotatable bonds is 9. The maximum Gasteiger partial charge on any atom is 0.162 e. The van der Waals surface area contributed by atoms with Crippen molar-refractivity contribution >= 4 is 5.82 Å². The Morgan fingerprint density at radius 1 is 1.09 bits per heavy atom. The molecule has 1 aliphatic rings. The second kappa shape index (κ2) is 11.2. The molecule has 33 heavy (non-hydrogen) atoms. The fourth-order valence-corrected chi connectivity index (χ4v) is 4.01. The standard InChI is InChI=1S/C26H32N4O3/c1-3-5-22(31)18-33-23-7-4-6-20(16-23)24-17-25(30(2)21-10-14-32-15-11-21)29-26(28-24)19-8-12-27-13-9-19/h4,6-9,12-13,16-17,21-22,31H,3,5,10-11,14-15,18H2,1-2H3. The van der Waals surface area contributed by atoms with Crippen LogP contribution < -0.4 is 9.64 Å². The summed E-state index contributed by atoms with van der Waals surface area (Å²) in [6.45, 7) is 3.87. The van der Waals surface area contributed by atoms with E-state index in [1.807, 2.05) is 49.4 Å². The molecule has 4 rings (SSSR count). The Labute approximate surface area is 195 Å². The molecule has 1 saturated heterocycles. The minimum Gasteiger partial charge on any atom is -0.491 e. The van der Waals surface area contributed by atoms with E-state index in [1.54, 1.807) is 12.4 Å². The van der Waals surface area contributed by atoms with E-state index in [9.17, 15) is 5.11 Å². The molecule has 0 amide bonds. The molecule has 7 heteroatoms. The summed E-state index contributed by atoms with van der Waals surface area (Å²) in [6, 6.07) is 14.1. The summed E-state index contributed by atoms with van der Waals surface area (Å²) in [4.78, 5) is 16.1. The number of pyridine rings is 1. The van der Waals surface area contributed by atoms with Crippen molar-refractivity contribution in [1.82, 2.24) is 15.0 Å². The van der Waals surface area contributed by atoms with Gasteiger partial charge in [0.1, 0.15) is 18.2 Å². The summed E-state index contributed by atoms with van der Waals surface area (Å²) in [5.41, 5.74) is 2.69. The number of benzene rings is 1. The summed E-state index contributed by atoms with van der Waals surface area (Å²) >= 11 is 0. The van der Waals surface area contributed by atoms with Gasteiger partial charge >= 0.3 is 0 Å². The van der Waals surface area contributed by atoms with Crippen molar-refractivity contribution in [3.8, 4) is 28.4 Å². The van der Waals surface area contributed by atoms with Crippen LogP contribution in [-0.2, 0) is 4.74 Å². The molecule has 7 nitrogen and oxygen atoms in total. The lowest BCUT2D eigenvalue weighted by atomic mass is 10.1. The highest BCUT2D eigenvalue weighted by Gasteiger charge is 2.21. The molecule has 0 radical (unpaired) electrons. The van der Waals surface area contributed by atoms with Crippen LogP contribution in [0.3, 0.4) is 0 Å². The Morgan fingerprint density at radius 2 is 1.88 bits per heavy atom. The number of aliphatic hydroxyl groups excluding tert-OH is 1. The van der Waals surface area contributed by atoms with Crippen molar-refractivity contribution < 1.29 is 14.6 Å². The molecule has 1 atom stereocenters. The molecule has 1 aromatic carbocycles. The minimum absolute atomic E-state index is 0.279. The molecular weight excluding hydrogens is 416 g/mol. The van der Waals surface area contributed by atoms with Gasteiger partial charge in [-0.05, 0) is 43.5 Å². The van der Waals surface area contributed by atoms with Crippen LogP contribution in [0, 0.1) is 0 Å². The van der Waals surface area contributed by atoms with Gasteiger partial charge in [0.2, 0.25) is 0 Å². The van der Waals surface area contributed by atoms with E-state index in [2.05, 4.69) is 16.9 Å². The van der Waals surface area contributed by atoms with Crippen LogP contribution in [0.5, 0.6) is 5.75 Å². The second-order valence-electron chi connectivity index (χ2n) is 8.41. The van der Waals surface area contributed by atoms with Gasteiger partial charge in [-0.1, -0.05) is 25.5 Å². The topological polar surface area (TPSA) is 80.6 Å². The van der Waals surface area contributed by atoms with Gasteiger partial charge in [-0.25, -0.2) is 9.97 Å². The first kappa shape index (κ1) is 23.1. The Morgan fingerprint density at radius 3 is 2.64 bits per heavy atom. The first-order valence-corrected chi connectivity index (χ1v) is 11.7. The fourth-order valence-electron chi connectivity index (χ4n) is 4.01. The zero-order valence-electron chi connectivity index (χ0n) is 19.4. The largest absolute Gasteiger partial charge is 0.491 e. The number of nitrogens with zero attached hydrogens (tertiary/aromatic N) is 4. The van der Waals surface area contributed by atoms with E-state index in [4.69, 9.17) is 19.4 Å². The molecule has 174 valence electrons. The highest BCUT2D eigenvalue weighted by Crippen LogP contribution is 2.29. The van der Waals surface area contributed by atoms with Gasteiger partial charge in [0.05, 0.1) is 11.8 Å². The highest BCUT2D eigenvalue weighted by molar-refractivity contribution is 5.68. The average molecular weight is 449 g/mol. The highest BCUT2D eigenvalue weighted by atomic mass is 16.5. The molecule has 0 aliphatic carbocycles. The van der Waals surface area contributed by atoms with Crippen LogP contribution in [0.15, 0.2) is 54.9 Å². The van der Waals surface area contributed by atoms with Crippen molar-refractivity contribution in [2.45, 2.75) is 44.8 Å². The zero-order chi connectivity index (χ0) is 23.0. The Balaban J connectivity index is 1.66. The SMILES string of the molecule is CCCC(O)COc1cccc(-c2cc(N(C)C3CCOCC3)nc(-c3ccncc3)n2)c1. The minimum atomic E-state index is -0.462. The molecule has 0 spiro atoms. The summed E-state index contributed by atoms with van der Waals surface area (Å²) in [5.74, 6) is 2.25. The third-order valence-electron chi connectivity index (χ3n) is 5.95. The third-order valence-corrected chi connectivity index (χ3v) is 5.95. The predicted molar refractivity (Wildman–Crippen MR) is 129 cm³/mol.